The number of furan rings is 1. The minimum atomic E-state index is -0.427. The van der Waals surface area contributed by atoms with Gasteiger partial charge < -0.3 is 9.52 Å². The molecule has 16 heavy (non-hydrogen) atoms. The molecule has 0 saturated heterocycles. The van der Waals surface area contributed by atoms with Crippen LogP contribution in [-0.4, -0.2) is 5.11 Å². The zero-order valence-electron chi connectivity index (χ0n) is 9.66. The molecule has 1 aromatic heterocycles. The summed E-state index contributed by atoms with van der Waals surface area (Å²) in [4.78, 5) is 0. The molecule has 1 atom stereocenters. The second kappa shape index (κ2) is 5.37. The van der Waals surface area contributed by atoms with Crippen molar-refractivity contribution in [2.45, 2.75) is 45.1 Å². The van der Waals surface area contributed by atoms with Crippen molar-refractivity contribution in [1.82, 2.24) is 0 Å². The van der Waals surface area contributed by atoms with E-state index in [-0.39, 0.29) is 0 Å². The van der Waals surface area contributed by atoms with Gasteiger partial charge in [0.25, 0.3) is 0 Å². The van der Waals surface area contributed by atoms with Gasteiger partial charge in [-0.25, -0.2) is 0 Å². The molecule has 2 nitrogen and oxygen atoms in total. The van der Waals surface area contributed by atoms with Crippen molar-refractivity contribution in [3.63, 3.8) is 0 Å². The van der Waals surface area contributed by atoms with Gasteiger partial charge in [-0.1, -0.05) is 26.2 Å². The summed E-state index contributed by atoms with van der Waals surface area (Å²) in [6.07, 6.45) is 5.59. The molecule has 90 valence electrons. The highest BCUT2D eigenvalue weighted by molar-refractivity contribution is 9.10. The molecule has 1 fully saturated rings. The third kappa shape index (κ3) is 2.69. The molecule has 0 spiro atoms. The summed E-state index contributed by atoms with van der Waals surface area (Å²) in [6, 6.07) is 3.71. The predicted octanol–water partition coefficient (Wildman–Crippen LogP) is 4.29. The molecule has 2 rings (SSSR count). The third-order valence-electron chi connectivity index (χ3n) is 3.80. The van der Waals surface area contributed by atoms with Gasteiger partial charge in [0.05, 0.1) is 0 Å². The van der Waals surface area contributed by atoms with Gasteiger partial charge >= 0.3 is 0 Å². The fourth-order valence-electron chi connectivity index (χ4n) is 2.63. The minimum absolute atomic E-state index is 0.376. The molecule has 0 radical (unpaired) electrons. The molecule has 0 aliphatic heterocycles. The molecule has 0 bridgehead atoms. The van der Waals surface area contributed by atoms with Gasteiger partial charge in [-0.2, -0.15) is 0 Å². The van der Waals surface area contributed by atoms with Crippen molar-refractivity contribution in [2.24, 2.45) is 11.8 Å². The lowest BCUT2D eigenvalue weighted by molar-refractivity contribution is 0.0546. The maximum Gasteiger partial charge on any atom is 0.169 e. The van der Waals surface area contributed by atoms with E-state index in [1.807, 2.05) is 12.1 Å². The Morgan fingerprint density at radius 1 is 1.38 bits per heavy atom. The molecule has 1 saturated carbocycles. The van der Waals surface area contributed by atoms with E-state index in [0.29, 0.717) is 16.3 Å². The highest BCUT2D eigenvalue weighted by Gasteiger charge is 2.28. The molecule has 0 amide bonds. The summed E-state index contributed by atoms with van der Waals surface area (Å²) < 4.78 is 6.12. The normalized spacial score (nSPS) is 27.9. The van der Waals surface area contributed by atoms with Gasteiger partial charge in [0.1, 0.15) is 11.9 Å². The number of rotatable bonds is 3. The van der Waals surface area contributed by atoms with E-state index in [2.05, 4.69) is 22.9 Å². The van der Waals surface area contributed by atoms with Crippen molar-refractivity contribution in [2.75, 3.05) is 0 Å². The van der Waals surface area contributed by atoms with E-state index < -0.39 is 6.10 Å². The average Bonchev–Trinajstić information content (AvgIpc) is 2.75. The van der Waals surface area contributed by atoms with Gasteiger partial charge in [-0.3, -0.25) is 0 Å². The quantitative estimate of drug-likeness (QED) is 0.899. The Morgan fingerprint density at radius 2 is 2.06 bits per heavy atom. The lowest BCUT2D eigenvalue weighted by Crippen LogP contribution is -2.19. The van der Waals surface area contributed by atoms with E-state index in [0.717, 1.165) is 18.8 Å². The van der Waals surface area contributed by atoms with Crippen LogP contribution in [0.1, 0.15) is 50.9 Å². The molecule has 1 aliphatic carbocycles. The van der Waals surface area contributed by atoms with Crippen molar-refractivity contribution in [3.8, 4) is 0 Å². The Hall–Kier alpha value is -0.280. The van der Waals surface area contributed by atoms with Crippen LogP contribution in [0.2, 0.25) is 0 Å². The van der Waals surface area contributed by atoms with Crippen LogP contribution in [0.3, 0.4) is 0 Å². The standard InChI is InChI=1S/C13H19BrO2/c1-2-9-3-5-10(6-4-9)13(15)11-7-8-12(14)16-11/h7-10,13,15H,2-6H2,1H3. The maximum absolute atomic E-state index is 10.2. The van der Waals surface area contributed by atoms with Crippen molar-refractivity contribution in [3.05, 3.63) is 22.6 Å². The van der Waals surface area contributed by atoms with Gasteiger partial charge in [0, 0.05) is 0 Å². The lowest BCUT2D eigenvalue weighted by atomic mass is 9.78. The summed E-state index contributed by atoms with van der Waals surface area (Å²) >= 11 is 3.27. The largest absolute Gasteiger partial charge is 0.452 e. The topological polar surface area (TPSA) is 33.4 Å². The van der Waals surface area contributed by atoms with Crippen LogP contribution >= 0.6 is 15.9 Å². The molecule has 0 aromatic carbocycles. The van der Waals surface area contributed by atoms with E-state index in [4.69, 9.17) is 4.42 Å². The number of halogens is 1. The van der Waals surface area contributed by atoms with Crippen molar-refractivity contribution in [1.29, 1.82) is 0 Å². The van der Waals surface area contributed by atoms with Gasteiger partial charge in [-0.15, -0.1) is 0 Å². The molecule has 1 N–H and O–H groups in total. The fourth-order valence-corrected chi connectivity index (χ4v) is 2.95. The SMILES string of the molecule is CCC1CCC(C(O)c2ccc(Br)o2)CC1. The van der Waals surface area contributed by atoms with Crippen LogP contribution < -0.4 is 0 Å². The van der Waals surface area contributed by atoms with Crippen LogP contribution in [-0.2, 0) is 0 Å². The summed E-state index contributed by atoms with van der Waals surface area (Å²) in [7, 11) is 0. The summed E-state index contributed by atoms with van der Waals surface area (Å²) in [5.74, 6) is 1.94. The number of hydrogen-bond acceptors (Lipinski definition) is 2. The molecule has 1 heterocycles. The van der Waals surface area contributed by atoms with Gasteiger partial charge in [-0.05, 0) is 52.7 Å². The Bertz CT molecular complexity index is 326. The molecule has 1 aromatic rings. The Labute approximate surface area is 105 Å². The average molecular weight is 287 g/mol. The summed E-state index contributed by atoms with van der Waals surface area (Å²) in [5.41, 5.74) is 0. The van der Waals surface area contributed by atoms with Gasteiger partial charge in [0.2, 0.25) is 0 Å². The highest BCUT2D eigenvalue weighted by atomic mass is 79.9. The first-order valence-corrected chi connectivity index (χ1v) is 6.93. The monoisotopic (exact) mass is 286 g/mol. The Morgan fingerprint density at radius 3 is 2.56 bits per heavy atom. The van der Waals surface area contributed by atoms with Crippen molar-refractivity contribution < 1.29 is 9.52 Å². The Balaban J connectivity index is 1.93. The maximum atomic E-state index is 10.2. The fraction of sp³-hybridized carbons (Fsp3) is 0.692. The van der Waals surface area contributed by atoms with E-state index in [1.54, 1.807) is 0 Å². The number of hydrogen-bond donors (Lipinski definition) is 1. The first-order valence-electron chi connectivity index (χ1n) is 6.14. The highest BCUT2D eigenvalue weighted by Crippen LogP contribution is 2.38. The first-order chi connectivity index (χ1) is 7.70. The summed E-state index contributed by atoms with van der Waals surface area (Å²) in [5, 5.41) is 10.2. The van der Waals surface area contributed by atoms with Crippen LogP contribution in [0.4, 0.5) is 0 Å². The molecular formula is C13H19BrO2. The van der Waals surface area contributed by atoms with Crippen molar-refractivity contribution >= 4 is 15.9 Å². The minimum Gasteiger partial charge on any atom is -0.452 e. The zero-order chi connectivity index (χ0) is 11.5. The predicted molar refractivity (Wildman–Crippen MR) is 67.1 cm³/mol. The number of aliphatic hydroxyl groups is 1. The number of aliphatic hydroxyl groups excluding tert-OH is 1. The van der Waals surface area contributed by atoms with Gasteiger partial charge in [0.15, 0.2) is 4.67 Å². The molecular weight excluding hydrogens is 268 g/mol. The van der Waals surface area contributed by atoms with Crippen LogP contribution in [0.5, 0.6) is 0 Å². The van der Waals surface area contributed by atoms with E-state index >= 15 is 0 Å². The molecule has 1 aliphatic rings. The smallest absolute Gasteiger partial charge is 0.169 e. The van der Waals surface area contributed by atoms with Crippen LogP contribution in [0.25, 0.3) is 0 Å². The molecule has 1 unspecified atom stereocenters. The van der Waals surface area contributed by atoms with Crippen LogP contribution in [0.15, 0.2) is 21.2 Å². The van der Waals surface area contributed by atoms with E-state index in [1.165, 1.54) is 19.3 Å². The lowest BCUT2D eigenvalue weighted by Gasteiger charge is -2.30. The summed E-state index contributed by atoms with van der Waals surface area (Å²) in [6.45, 7) is 2.26. The molecule has 3 heteroatoms. The second-order valence-electron chi connectivity index (χ2n) is 4.78. The van der Waals surface area contributed by atoms with Crippen LogP contribution in [0, 0.1) is 11.8 Å². The third-order valence-corrected chi connectivity index (χ3v) is 4.23. The Kier molecular flexibility index (Phi) is 4.09. The first kappa shape index (κ1) is 12.2. The second-order valence-corrected chi connectivity index (χ2v) is 5.56. The zero-order valence-corrected chi connectivity index (χ0v) is 11.2. The van der Waals surface area contributed by atoms with E-state index in [9.17, 15) is 5.11 Å².